The van der Waals surface area contributed by atoms with Gasteiger partial charge in [-0.3, -0.25) is 0 Å². The van der Waals surface area contributed by atoms with Gasteiger partial charge in [0.05, 0.1) is 11.2 Å². The molecule has 0 fully saturated rings. The summed E-state index contributed by atoms with van der Waals surface area (Å²) in [7, 11) is 0. The normalized spacial score (nSPS) is 18.9. The van der Waals surface area contributed by atoms with Crippen LogP contribution in [0.4, 0.5) is 34.1 Å². The molecule has 4 heterocycles. The lowest BCUT2D eigenvalue weighted by Gasteiger charge is -2.44. The Kier molecular flexibility index (Phi) is 8.35. The number of benzene rings is 6. The summed E-state index contributed by atoms with van der Waals surface area (Å²) in [6.07, 6.45) is 4.73. The van der Waals surface area contributed by atoms with Gasteiger partial charge in [0.15, 0.2) is 0 Å². The van der Waals surface area contributed by atoms with E-state index in [0.717, 1.165) is 0 Å². The molecule has 5 aliphatic rings. The minimum atomic E-state index is 0.0345. The van der Waals surface area contributed by atoms with Crippen molar-refractivity contribution in [1.29, 1.82) is 0 Å². The number of anilines is 6. The van der Waals surface area contributed by atoms with Crippen LogP contribution in [0.2, 0.25) is 0 Å². The number of hydrogen-bond acceptors (Lipinski definition) is 2. The SMILES string of the molecule is CC(C)(C)c1ccc(N2c3cc(-c4cccc5c4C(C)(C)CCC5(C)C)cc4c3B3c5c2cccc5-n2c3c(c3cc5c(cc32)C(C)(C)CCC5(C)C)N4c2ccc(C(C)(C)C)cc2)cc1. The summed E-state index contributed by atoms with van der Waals surface area (Å²) >= 11 is 0. The van der Waals surface area contributed by atoms with Gasteiger partial charge in [-0.25, -0.2) is 0 Å². The summed E-state index contributed by atoms with van der Waals surface area (Å²) in [5.41, 5.74) is 26.3. The summed E-state index contributed by atoms with van der Waals surface area (Å²) in [6, 6.07) is 43.9. The molecule has 0 atom stereocenters. The molecule has 0 spiro atoms. The molecule has 0 unspecified atom stereocenters. The van der Waals surface area contributed by atoms with Crippen molar-refractivity contribution in [3.8, 4) is 16.8 Å². The second-order valence-corrected chi connectivity index (χ2v) is 25.6. The third kappa shape index (κ3) is 5.69. The van der Waals surface area contributed by atoms with Crippen molar-refractivity contribution in [3.05, 3.63) is 143 Å². The fourth-order valence-corrected chi connectivity index (χ4v) is 13.2. The van der Waals surface area contributed by atoms with Crippen LogP contribution in [-0.2, 0) is 32.5 Å². The Morgan fingerprint density at radius 1 is 0.470 bits per heavy atom. The Balaban J connectivity index is 1.24. The van der Waals surface area contributed by atoms with E-state index < -0.39 is 0 Å². The molecule has 0 saturated heterocycles. The van der Waals surface area contributed by atoms with Crippen molar-refractivity contribution in [2.24, 2.45) is 0 Å². The summed E-state index contributed by atoms with van der Waals surface area (Å²) < 4.78 is 2.70. The number of rotatable bonds is 3. The number of fused-ring (bicyclic) bond motifs is 6. The molecule has 0 N–H and O–H groups in total. The molecule has 3 nitrogen and oxygen atoms in total. The third-order valence-corrected chi connectivity index (χ3v) is 17.3. The van der Waals surface area contributed by atoms with Crippen molar-refractivity contribution in [2.45, 2.75) is 155 Å². The number of hydrogen-bond donors (Lipinski definition) is 0. The highest BCUT2D eigenvalue weighted by Gasteiger charge is 2.52. The molecule has 334 valence electrons. The first-order chi connectivity index (χ1) is 31.0. The number of nitrogens with zero attached hydrogens (tertiary/aromatic N) is 3. The van der Waals surface area contributed by atoms with Gasteiger partial charge in [0.1, 0.15) is 0 Å². The van der Waals surface area contributed by atoms with Crippen molar-refractivity contribution < 1.29 is 0 Å². The van der Waals surface area contributed by atoms with Gasteiger partial charge < -0.3 is 14.4 Å². The fraction of sp³-hybridized carbons (Fsp3) is 0.387. The van der Waals surface area contributed by atoms with Gasteiger partial charge in [-0.15, -0.1) is 0 Å². The predicted octanol–water partition coefficient (Wildman–Crippen LogP) is 15.0. The van der Waals surface area contributed by atoms with Crippen LogP contribution in [0.15, 0.2) is 109 Å². The molecule has 0 radical (unpaired) electrons. The molecule has 0 saturated carbocycles. The Bertz CT molecular complexity index is 3210. The molecule has 7 aromatic rings. The van der Waals surface area contributed by atoms with E-state index in [1.54, 1.807) is 0 Å². The van der Waals surface area contributed by atoms with Gasteiger partial charge in [0.2, 0.25) is 0 Å². The number of aromatic nitrogens is 1. The highest BCUT2D eigenvalue weighted by atomic mass is 15.2. The minimum Gasteiger partial charge on any atom is -0.320 e. The average molecular weight is 866 g/mol. The zero-order valence-electron chi connectivity index (χ0n) is 42.1. The molecule has 1 aromatic heterocycles. The van der Waals surface area contributed by atoms with E-state index in [0.29, 0.717) is 0 Å². The highest BCUT2D eigenvalue weighted by molar-refractivity contribution is 7.02. The zero-order chi connectivity index (χ0) is 46.4. The van der Waals surface area contributed by atoms with Crippen LogP contribution in [0.1, 0.15) is 156 Å². The van der Waals surface area contributed by atoms with E-state index in [4.69, 9.17) is 0 Å². The summed E-state index contributed by atoms with van der Waals surface area (Å²) in [5, 5.41) is 1.36. The van der Waals surface area contributed by atoms with Crippen LogP contribution in [-0.4, -0.2) is 11.3 Å². The summed E-state index contributed by atoms with van der Waals surface area (Å²) in [6.45, 7) is 33.8. The van der Waals surface area contributed by atoms with Gasteiger partial charge in [0, 0.05) is 45.1 Å². The van der Waals surface area contributed by atoms with E-state index in [1.165, 1.54) is 137 Å². The van der Waals surface area contributed by atoms with Crippen LogP contribution in [0, 0.1) is 0 Å². The first-order valence-corrected chi connectivity index (χ1v) is 25.0. The maximum Gasteiger partial charge on any atom is 0.275 e. The maximum absolute atomic E-state index is 2.70. The standard InChI is InChI=1S/C62H68BN3/c1-57(2,3)38-21-25-40(26-22-38)64-47-19-16-20-48-53(47)63-54-50(64)33-37(42-17-15-18-44-52(42)62(13,14)32-31-59(44,7)8)34-51(54)65(41-27-23-39(24-28-41)58(4,5)6)55-43-35-45-46(36-49(43)66(48)56(55)63)61(11,12)30-29-60(45,9)10/h15-28,33-36H,29-32H2,1-14H3. The van der Waals surface area contributed by atoms with Crippen LogP contribution in [0.3, 0.4) is 0 Å². The predicted molar refractivity (Wildman–Crippen MR) is 284 cm³/mol. The Morgan fingerprint density at radius 3 is 1.55 bits per heavy atom. The van der Waals surface area contributed by atoms with E-state index >= 15 is 0 Å². The molecule has 3 aliphatic heterocycles. The molecule has 0 amide bonds. The fourth-order valence-electron chi connectivity index (χ4n) is 13.2. The van der Waals surface area contributed by atoms with Crippen molar-refractivity contribution in [1.82, 2.24) is 4.57 Å². The van der Waals surface area contributed by atoms with Gasteiger partial charge in [-0.05, 0) is 174 Å². The molecular weight excluding hydrogens is 798 g/mol. The molecule has 4 heteroatoms. The van der Waals surface area contributed by atoms with E-state index in [2.05, 4.69) is 220 Å². The lowest BCUT2D eigenvalue weighted by molar-refractivity contribution is 0.332. The first-order valence-electron chi connectivity index (χ1n) is 25.0. The second kappa shape index (κ2) is 13.1. The monoisotopic (exact) mass is 866 g/mol. The average Bonchev–Trinajstić information content (AvgIpc) is 3.78. The van der Waals surface area contributed by atoms with E-state index in [-0.39, 0.29) is 39.2 Å². The van der Waals surface area contributed by atoms with Crippen LogP contribution in [0.25, 0.3) is 27.7 Å². The molecule has 66 heavy (non-hydrogen) atoms. The van der Waals surface area contributed by atoms with E-state index in [9.17, 15) is 0 Å². The lowest BCUT2D eigenvalue weighted by Crippen LogP contribution is -2.59. The minimum absolute atomic E-state index is 0.0345. The van der Waals surface area contributed by atoms with Gasteiger partial charge >= 0.3 is 0 Å². The Hall–Kier alpha value is -5.48. The van der Waals surface area contributed by atoms with Crippen molar-refractivity contribution in [2.75, 3.05) is 9.80 Å². The molecule has 0 bridgehead atoms. The van der Waals surface area contributed by atoms with Crippen molar-refractivity contribution >= 4 is 68.3 Å². The maximum atomic E-state index is 2.70. The molecule has 6 aromatic carbocycles. The topological polar surface area (TPSA) is 11.4 Å². The molecular formula is C62H68BN3. The summed E-state index contributed by atoms with van der Waals surface area (Å²) in [5.74, 6) is 0. The quantitative estimate of drug-likeness (QED) is 0.164. The van der Waals surface area contributed by atoms with Gasteiger partial charge in [0.25, 0.3) is 6.71 Å². The van der Waals surface area contributed by atoms with Crippen molar-refractivity contribution in [3.63, 3.8) is 0 Å². The molecule has 2 aliphatic carbocycles. The smallest absolute Gasteiger partial charge is 0.275 e. The third-order valence-electron chi connectivity index (χ3n) is 17.3. The Labute approximate surface area is 395 Å². The van der Waals surface area contributed by atoms with Crippen LogP contribution < -0.4 is 26.3 Å². The highest BCUT2D eigenvalue weighted by Crippen LogP contribution is 2.56. The second-order valence-electron chi connectivity index (χ2n) is 25.6. The lowest BCUT2D eigenvalue weighted by atomic mass is 9.36. The zero-order valence-corrected chi connectivity index (χ0v) is 42.1. The largest absolute Gasteiger partial charge is 0.320 e. The molecule has 12 rings (SSSR count). The van der Waals surface area contributed by atoms with Crippen LogP contribution >= 0.6 is 0 Å². The van der Waals surface area contributed by atoms with E-state index in [1.807, 2.05) is 0 Å². The Morgan fingerprint density at radius 2 is 0.955 bits per heavy atom. The van der Waals surface area contributed by atoms with Crippen LogP contribution in [0.5, 0.6) is 0 Å². The van der Waals surface area contributed by atoms with Gasteiger partial charge in [-0.2, -0.15) is 0 Å². The summed E-state index contributed by atoms with van der Waals surface area (Å²) in [4.78, 5) is 5.33. The first kappa shape index (κ1) is 41.9. The van der Waals surface area contributed by atoms with Gasteiger partial charge in [-0.1, -0.05) is 145 Å².